The van der Waals surface area contributed by atoms with Crippen LogP contribution >= 0.6 is 7.82 Å². The third-order valence-corrected chi connectivity index (χ3v) is 5.02. The molecule has 3 unspecified atom stereocenters. The Balaban J connectivity index is 4.34. The van der Waals surface area contributed by atoms with E-state index in [1.54, 1.807) is 0 Å². The molecule has 0 aliphatic carbocycles. The lowest BCUT2D eigenvalue weighted by molar-refractivity contribution is -0.160. The van der Waals surface area contributed by atoms with Crippen molar-refractivity contribution in [3.63, 3.8) is 0 Å². The number of aliphatic hydroxyl groups is 2. The smallest absolute Gasteiger partial charge is 0.462 e. The van der Waals surface area contributed by atoms with Gasteiger partial charge in [0.1, 0.15) is 12.7 Å². The van der Waals surface area contributed by atoms with Crippen LogP contribution in [0.2, 0.25) is 0 Å². The van der Waals surface area contributed by atoms with Gasteiger partial charge in [-0.1, -0.05) is 55.5 Å². The number of phosphoric acid groups is 1. The molecule has 35 heavy (non-hydrogen) atoms. The standard InChI is InChI=1S/C24H39O10P/c1-3-4-5-6-7-8-9-10-11-12-13-14-15-16-24(28)34-23(19-31-21(2)26)20-33-35(29,30)32-18-22(27)17-25/h4-5,7-8,10-11,13-14,22-23,25,27H,3,6,9,12,15-20H2,1-2H3,(H,29,30)/b5-4-,8-7-,11-10-,14-13-. The molecule has 0 saturated heterocycles. The monoisotopic (exact) mass is 518 g/mol. The second kappa shape index (κ2) is 21.2. The maximum absolute atomic E-state index is 12.1. The van der Waals surface area contributed by atoms with Gasteiger partial charge in [0.15, 0.2) is 6.10 Å². The zero-order valence-electron chi connectivity index (χ0n) is 20.5. The zero-order valence-corrected chi connectivity index (χ0v) is 21.4. The third-order valence-electron chi connectivity index (χ3n) is 4.07. The molecule has 0 radical (unpaired) electrons. The minimum absolute atomic E-state index is 0.0563. The molecular formula is C24H39O10P. The Bertz CT molecular complexity index is 745. The van der Waals surface area contributed by atoms with Crippen LogP contribution in [-0.4, -0.2) is 65.7 Å². The molecule has 0 amide bonds. The molecule has 3 atom stereocenters. The molecule has 10 nitrogen and oxygen atoms in total. The number of rotatable bonds is 20. The molecule has 0 rings (SSSR count). The summed E-state index contributed by atoms with van der Waals surface area (Å²) < 4.78 is 31.1. The van der Waals surface area contributed by atoms with Gasteiger partial charge in [-0.3, -0.25) is 18.6 Å². The van der Waals surface area contributed by atoms with Gasteiger partial charge < -0.3 is 24.6 Å². The maximum Gasteiger partial charge on any atom is 0.472 e. The molecule has 0 spiro atoms. The van der Waals surface area contributed by atoms with Crippen LogP contribution in [0, 0.1) is 0 Å². The van der Waals surface area contributed by atoms with Crippen LogP contribution in [0.1, 0.15) is 52.4 Å². The first-order valence-electron chi connectivity index (χ1n) is 11.5. The predicted molar refractivity (Wildman–Crippen MR) is 131 cm³/mol. The summed E-state index contributed by atoms with van der Waals surface area (Å²) in [6.07, 6.45) is 17.9. The lowest BCUT2D eigenvalue weighted by atomic mass is 10.2. The van der Waals surface area contributed by atoms with Crippen molar-refractivity contribution >= 4 is 19.8 Å². The number of phosphoric ester groups is 1. The summed E-state index contributed by atoms with van der Waals surface area (Å²) in [5, 5.41) is 17.9. The molecule has 0 aliphatic rings. The van der Waals surface area contributed by atoms with E-state index in [9.17, 15) is 24.2 Å². The highest BCUT2D eigenvalue weighted by molar-refractivity contribution is 7.47. The van der Waals surface area contributed by atoms with Crippen molar-refractivity contribution in [2.75, 3.05) is 26.4 Å². The highest BCUT2D eigenvalue weighted by Crippen LogP contribution is 2.43. The van der Waals surface area contributed by atoms with Crippen LogP contribution < -0.4 is 0 Å². The third kappa shape index (κ3) is 22.2. The SMILES string of the molecule is CC/C=C\C/C=C\C/C=C\C/C=C\CCC(=O)OC(COC(C)=O)COP(=O)(O)OCC(O)CO. The summed E-state index contributed by atoms with van der Waals surface area (Å²) >= 11 is 0. The summed E-state index contributed by atoms with van der Waals surface area (Å²) in [7, 11) is -4.58. The number of aliphatic hydroxyl groups excluding tert-OH is 2. The average molecular weight is 519 g/mol. The normalized spacial score (nSPS) is 15.7. The molecule has 0 aliphatic heterocycles. The second-order valence-corrected chi connectivity index (χ2v) is 8.80. The van der Waals surface area contributed by atoms with Gasteiger partial charge in [-0.15, -0.1) is 0 Å². The van der Waals surface area contributed by atoms with Crippen LogP contribution in [-0.2, 0) is 32.7 Å². The van der Waals surface area contributed by atoms with E-state index in [4.69, 9.17) is 19.1 Å². The first kappa shape index (κ1) is 32.9. The Labute approximate surface area is 207 Å². The second-order valence-electron chi connectivity index (χ2n) is 7.35. The number of carbonyl (C=O) groups is 2. The number of esters is 2. The molecule has 0 aromatic carbocycles. The number of hydrogen-bond donors (Lipinski definition) is 3. The van der Waals surface area contributed by atoms with Gasteiger partial charge >= 0.3 is 19.8 Å². The molecule has 0 bridgehead atoms. The molecule has 0 saturated carbocycles. The van der Waals surface area contributed by atoms with Gasteiger partial charge in [0.25, 0.3) is 0 Å². The van der Waals surface area contributed by atoms with Crippen molar-refractivity contribution in [1.82, 2.24) is 0 Å². The van der Waals surface area contributed by atoms with Crippen LogP contribution in [0.4, 0.5) is 0 Å². The Morgan fingerprint density at radius 2 is 1.43 bits per heavy atom. The Hall–Kier alpha value is -2.07. The van der Waals surface area contributed by atoms with Crippen LogP contribution in [0.15, 0.2) is 48.6 Å². The zero-order chi connectivity index (χ0) is 26.4. The van der Waals surface area contributed by atoms with E-state index in [0.29, 0.717) is 6.42 Å². The first-order chi connectivity index (χ1) is 16.7. The van der Waals surface area contributed by atoms with E-state index in [1.165, 1.54) is 0 Å². The van der Waals surface area contributed by atoms with Crippen molar-refractivity contribution in [3.05, 3.63) is 48.6 Å². The van der Waals surface area contributed by atoms with E-state index in [2.05, 4.69) is 41.8 Å². The first-order valence-corrected chi connectivity index (χ1v) is 13.0. The molecule has 200 valence electrons. The molecular weight excluding hydrogens is 479 g/mol. The highest BCUT2D eigenvalue weighted by atomic mass is 31.2. The molecule has 0 aromatic rings. The summed E-state index contributed by atoms with van der Waals surface area (Å²) in [6, 6.07) is 0. The van der Waals surface area contributed by atoms with E-state index in [-0.39, 0.29) is 13.0 Å². The number of ether oxygens (including phenoxy) is 2. The Kier molecular flexibility index (Phi) is 20.0. The molecule has 0 heterocycles. The summed E-state index contributed by atoms with van der Waals surface area (Å²) in [6.45, 7) is 1.02. The lowest BCUT2D eigenvalue weighted by Crippen LogP contribution is -2.29. The predicted octanol–water partition coefficient (Wildman–Crippen LogP) is 3.53. The summed E-state index contributed by atoms with van der Waals surface area (Å²) in [4.78, 5) is 32.7. The van der Waals surface area contributed by atoms with Gasteiger partial charge in [-0.2, -0.15) is 0 Å². The summed E-state index contributed by atoms with van der Waals surface area (Å²) in [5.41, 5.74) is 0. The molecule has 11 heteroatoms. The van der Waals surface area contributed by atoms with E-state index in [0.717, 1.165) is 32.6 Å². The van der Waals surface area contributed by atoms with Crippen molar-refractivity contribution in [2.45, 2.75) is 64.6 Å². The Morgan fingerprint density at radius 1 is 0.886 bits per heavy atom. The van der Waals surface area contributed by atoms with E-state index < -0.39 is 51.8 Å². The van der Waals surface area contributed by atoms with E-state index >= 15 is 0 Å². The van der Waals surface area contributed by atoms with Crippen molar-refractivity contribution in [3.8, 4) is 0 Å². The summed E-state index contributed by atoms with van der Waals surface area (Å²) in [5.74, 6) is -1.22. The average Bonchev–Trinajstić information content (AvgIpc) is 2.82. The largest absolute Gasteiger partial charge is 0.472 e. The van der Waals surface area contributed by atoms with Crippen molar-refractivity contribution in [1.29, 1.82) is 0 Å². The highest BCUT2D eigenvalue weighted by Gasteiger charge is 2.26. The maximum atomic E-state index is 12.1. The van der Waals surface area contributed by atoms with Gasteiger partial charge in [-0.05, 0) is 32.1 Å². The van der Waals surface area contributed by atoms with Gasteiger partial charge in [0.2, 0.25) is 0 Å². The van der Waals surface area contributed by atoms with Crippen molar-refractivity contribution in [2.24, 2.45) is 0 Å². The molecule has 0 aromatic heterocycles. The van der Waals surface area contributed by atoms with Gasteiger partial charge in [-0.25, -0.2) is 4.57 Å². The number of hydrogen-bond acceptors (Lipinski definition) is 9. The van der Waals surface area contributed by atoms with Gasteiger partial charge in [0.05, 0.1) is 19.8 Å². The number of carbonyl (C=O) groups excluding carboxylic acids is 2. The quantitative estimate of drug-likeness (QED) is 0.124. The molecule has 0 fully saturated rings. The number of allylic oxidation sites excluding steroid dienone is 8. The Morgan fingerprint density at radius 3 is 1.97 bits per heavy atom. The van der Waals surface area contributed by atoms with Crippen LogP contribution in [0.3, 0.4) is 0 Å². The molecule has 3 N–H and O–H groups in total. The fourth-order valence-electron chi connectivity index (χ4n) is 2.32. The fourth-order valence-corrected chi connectivity index (χ4v) is 3.11. The topological polar surface area (TPSA) is 149 Å². The minimum atomic E-state index is -4.58. The van der Waals surface area contributed by atoms with Crippen molar-refractivity contribution < 1.29 is 47.8 Å². The van der Waals surface area contributed by atoms with Crippen LogP contribution in [0.5, 0.6) is 0 Å². The minimum Gasteiger partial charge on any atom is -0.462 e. The lowest BCUT2D eigenvalue weighted by Gasteiger charge is -2.20. The fraction of sp³-hybridized carbons (Fsp3) is 0.583. The van der Waals surface area contributed by atoms with E-state index in [1.807, 2.05) is 18.2 Å². The van der Waals surface area contributed by atoms with Gasteiger partial charge in [0, 0.05) is 13.3 Å². The van der Waals surface area contributed by atoms with Crippen LogP contribution in [0.25, 0.3) is 0 Å².